The average molecular weight is 398 g/mol. The largest absolute Gasteiger partial charge is 0.469 e. The molecule has 0 saturated heterocycles. The van der Waals surface area contributed by atoms with E-state index in [0.29, 0.717) is 12.0 Å². The molecule has 0 aliphatic rings. The first kappa shape index (κ1) is 21.0. The van der Waals surface area contributed by atoms with Crippen molar-refractivity contribution in [2.75, 3.05) is 7.11 Å². The fourth-order valence-electron chi connectivity index (χ4n) is 3.83. The van der Waals surface area contributed by atoms with Crippen LogP contribution in [0.1, 0.15) is 39.7 Å². The molecule has 1 N–H and O–H groups in total. The zero-order valence-electron chi connectivity index (χ0n) is 17.4. The second-order valence-electron chi connectivity index (χ2n) is 8.38. The molecule has 6 heteroatoms. The molecule has 1 atom stereocenters. The number of nitrogens with zero attached hydrogens (tertiary/aromatic N) is 2. The van der Waals surface area contributed by atoms with Crippen LogP contribution in [0.25, 0.3) is 16.6 Å². The van der Waals surface area contributed by atoms with E-state index in [1.807, 2.05) is 32.0 Å². The fraction of sp³-hybridized carbons (Fsp3) is 0.391. The van der Waals surface area contributed by atoms with Gasteiger partial charge in [-0.3, -0.25) is 4.79 Å². The molecular weight excluding hydrogens is 371 g/mol. The second kappa shape index (κ2) is 7.59. The summed E-state index contributed by atoms with van der Waals surface area (Å²) in [6.07, 6.45) is 2.09. The summed E-state index contributed by atoms with van der Waals surface area (Å²) in [6, 6.07) is 11.6. The highest BCUT2D eigenvalue weighted by atomic mass is 19.1. The predicted octanol–water partition coefficient (Wildman–Crippen LogP) is 4.60. The van der Waals surface area contributed by atoms with Gasteiger partial charge in [0.25, 0.3) is 0 Å². The van der Waals surface area contributed by atoms with Crippen molar-refractivity contribution in [1.82, 2.24) is 9.78 Å². The summed E-state index contributed by atoms with van der Waals surface area (Å²) in [5.41, 5.74) is -0.370. The first-order valence-corrected chi connectivity index (χ1v) is 9.65. The molecular formula is C23H27FN2O3. The van der Waals surface area contributed by atoms with Crippen LogP contribution >= 0.6 is 0 Å². The third-order valence-electron chi connectivity index (χ3n) is 5.55. The van der Waals surface area contributed by atoms with Crippen LogP contribution in [0, 0.1) is 17.2 Å². The Kier molecular flexibility index (Phi) is 5.50. The minimum atomic E-state index is -1.42. The van der Waals surface area contributed by atoms with Gasteiger partial charge in [-0.2, -0.15) is 5.10 Å². The highest BCUT2D eigenvalue weighted by Crippen LogP contribution is 2.45. The summed E-state index contributed by atoms with van der Waals surface area (Å²) in [5, 5.41) is 17.0. The molecule has 0 fully saturated rings. The van der Waals surface area contributed by atoms with Gasteiger partial charge in [-0.1, -0.05) is 19.9 Å². The Morgan fingerprint density at radius 3 is 2.45 bits per heavy atom. The van der Waals surface area contributed by atoms with E-state index in [1.165, 1.54) is 19.2 Å². The standard InChI is InChI=1S/C23H27FN2O3/c1-15(2)13-23(28,22(3,4)21(27)29-5)17-6-11-20-16(12-17)14-25-26(20)19-9-7-18(24)8-10-19/h6-12,14-15,28H,13H2,1-5H3. The highest BCUT2D eigenvalue weighted by Gasteiger charge is 2.51. The van der Waals surface area contributed by atoms with Gasteiger partial charge in [0.05, 0.1) is 29.9 Å². The Morgan fingerprint density at radius 2 is 1.86 bits per heavy atom. The molecule has 5 nitrogen and oxygen atoms in total. The summed E-state index contributed by atoms with van der Waals surface area (Å²) in [4.78, 5) is 12.5. The predicted molar refractivity (Wildman–Crippen MR) is 110 cm³/mol. The SMILES string of the molecule is COC(=O)C(C)(C)C(O)(CC(C)C)c1ccc2c(cnn2-c2ccc(F)cc2)c1. The summed E-state index contributed by atoms with van der Waals surface area (Å²) < 4.78 is 19.9. The van der Waals surface area contributed by atoms with Crippen molar-refractivity contribution in [1.29, 1.82) is 0 Å². The van der Waals surface area contributed by atoms with E-state index < -0.39 is 17.0 Å². The lowest BCUT2D eigenvalue weighted by atomic mass is 9.67. The molecule has 29 heavy (non-hydrogen) atoms. The number of hydrogen-bond acceptors (Lipinski definition) is 4. The minimum Gasteiger partial charge on any atom is -0.469 e. The molecule has 1 heterocycles. The zero-order chi connectivity index (χ0) is 21.4. The average Bonchev–Trinajstić information content (AvgIpc) is 3.10. The number of fused-ring (bicyclic) bond motifs is 1. The van der Waals surface area contributed by atoms with Crippen molar-refractivity contribution < 1.29 is 19.0 Å². The number of carbonyl (C=O) groups excluding carboxylic acids is 1. The molecule has 0 amide bonds. The Balaban J connectivity index is 2.12. The highest BCUT2D eigenvalue weighted by molar-refractivity contribution is 5.82. The molecule has 1 aromatic heterocycles. The summed E-state index contributed by atoms with van der Waals surface area (Å²) in [7, 11) is 1.33. The first-order chi connectivity index (χ1) is 13.6. The molecule has 154 valence electrons. The number of hydrogen-bond donors (Lipinski definition) is 1. The Morgan fingerprint density at radius 1 is 1.21 bits per heavy atom. The van der Waals surface area contributed by atoms with E-state index in [-0.39, 0.29) is 11.7 Å². The third kappa shape index (κ3) is 3.65. The van der Waals surface area contributed by atoms with Crippen LogP contribution in [0.15, 0.2) is 48.7 Å². The van der Waals surface area contributed by atoms with Gasteiger partial charge in [0.1, 0.15) is 11.4 Å². The van der Waals surface area contributed by atoms with E-state index in [0.717, 1.165) is 16.6 Å². The molecule has 0 aliphatic heterocycles. The van der Waals surface area contributed by atoms with Crippen molar-refractivity contribution in [3.8, 4) is 5.69 Å². The summed E-state index contributed by atoms with van der Waals surface area (Å²) in [5.74, 6) is -0.624. The molecule has 0 spiro atoms. The maximum Gasteiger partial charge on any atom is 0.314 e. The Bertz CT molecular complexity index is 1020. The number of carbonyl (C=O) groups is 1. The molecule has 0 saturated carbocycles. The topological polar surface area (TPSA) is 64.3 Å². The minimum absolute atomic E-state index is 0.154. The molecule has 2 aromatic carbocycles. The van der Waals surface area contributed by atoms with E-state index >= 15 is 0 Å². The Hall–Kier alpha value is -2.73. The number of esters is 1. The second-order valence-corrected chi connectivity index (χ2v) is 8.38. The van der Waals surface area contributed by atoms with Crippen LogP contribution in [0.2, 0.25) is 0 Å². The molecule has 0 bridgehead atoms. The Labute approximate surface area is 170 Å². The number of aromatic nitrogens is 2. The van der Waals surface area contributed by atoms with Crippen molar-refractivity contribution in [2.24, 2.45) is 11.3 Å². The molecule has 3 aromatic rings. The number of halogens is 1. The van der Waals surface area contributed by atoms with Crippen molar-refractivity contribution in [3.63, 3.8) is 0 Å². The van der Waals surface area contributed by atoms with E-state index in [4.69, 9.17) is 4.74 Å². The number of aliphatic hydroxyl groups is 1. The lowest BCUT2D eigenvalue weighted by molar-refractivity contribution is -0.172. The number of rotatable bonds is 6. The van der Waals surface area contributed by atoms with Crippen molar-refractivity contribution in [3.05, 3.63) is 60.0 Å². The van der Waals surface area contributed by atoms with Gasteiger partial charge in [-0.15, -0.1) is 0 Å². The quantitative estimate of drug-likeness (QED) is 0.617. The van der Waals surface area contributed by atoms with Crippen molar-refractivity contribution >= 4 is 16.9 Å². The van der Waals surface area contributed by atoms with Crippen LogP contribution < -0.4 is 0 Å². The fourth-order valence-corrected chi connectivity index (χ4v) is 3.83. The summed E-state index contributed by atoms with van der Waals surface area (Å²) in [6.45, 7) is 7.41. The van der Waals surface area contributed by atoms with Crippen LogP contribution in [-0.2, 0) is 15.1 Å². The number of ether oxygens (including phenoxy) is 1. The van der Waals surface area contributed by atoms with Crippen LogP contribution in [0.5, 0.6) is 0 Å². The molecule has 0 radical (unpaired) electrons. The smallest absolute Gasteiger partial charge is 0.314 e. The van der Waals surface area contributed by atoms with Gasteiger partial charge in [0.2, 0.25) is 0 Å². The van der Waals surface area contributed by atoms with Gasteiger partial charge in [-0.25, -0.2) is 9.07 Å². The van der Waals surface area contributed by atoms with E-state index in [2.05, 4.69) is 5.10 Å². The maximum absolute atomic E-state index is 13.2. The first-order valence-electron chi connectivity index (χ1n) is 9.65. The molecule has 1 unspecified atom stereocenters. The molecule has 3 rings (SSSR count). The third-order valence-corrected chi connectivity index (χ3v) is 5.55. The van der Waals surface area contributed by atoms with E-state index in [1.54, 1.807) is 36.9 Å². The van der Waals surface area contributed by atoms with Gasteiger partial charge in [0.15, 0.2) is 0 Å². The number of methoxy groups -OCH3 is 1. The van der Waals surface area contributed by atoms with Gasteiger partial charge >= 0.3 is 5.97 Å². The normalized spacial score (nSPS) is 14.2. The number of benzene rings is 2. The van der Waals surface area contributed by atoms with E-state index in [9.17, 15) is 14.3 Å². The van der Waals surface area contributed by atoms with Crippen LogP contribution in [-0.4, -0.2) is 28.0 Å². The summed E-state index contributed by atoms with van der Waals surface area (Å²) >= 11 is 0. The lowest BCUT2D eigenvalue weighted by Crippen LogP contribution is -2.48. The monoisotopic (exact) mass is 398 g/mol. The van der Waals surface area contributed by atoms with Gasteiger partial charge in [-0.05, 0) is 68.1 Å². The maximum atomic E-state index is 13.2. The van der Waals surface area contributed by atoms with Crippen molar-refractivity contribution in [2.45, 2.75) is 39.7 Å². The van der Waals surface area contributed by atoms with Crippen LogP contribution in [0.4, 0.5) is 4.39 Å². The zero-order valence-corrected chi connectivity index (χ0v) is 17.4. The lowest BCUT2D eigenvalue weighted by Gasteiger charge is -2.42. The van der Waals surface area contributed by atoms with Crippen LogP contribution in [0.3, 0.4) is 0 Å². The molecule has 0 aliphatic carbocycles. The van der Waals surface area contributed by atoms with Gasteiger partial charge < -0.3 is 9.84 Å². The van der Waals surface area contributed by atoms with Gasteiger partial charge in [0, 0.05) is 5.39 Å².